The van der Waals surface area contributed by atoms with Crippen molar-refractivity contribution in [2.75, 3.05) is 0 Å². The van der Waals surface area contributed by atoms with Crippen molar-refractivity contribution in [3.05, 3.63) is 90.5 Å². The molecule has 30 heavy (non-hydrogen) atoms. The zero-order chi connectivity index (χ0) is 21.2. The lowest BCUT2D eigenvalue weighted by Crippen LogP contribution is -2.12. The number of carboxylic acid groups (broad SMARTS) is 1. The quantitative estimate of drug-likeness (QED) is 0.336. The van der Waals surface area contributed by atoms with Crippen molar-refractivity contribution in [3.8, 4) is 0 Å². The third-order valence-electron chi connectivity index (χ3n) is 5.17. The molecule has 3 aromatic rings. The van der Waals surface area contributed by atoms with Gasteiger partial charge in [0.25, 0.3) is 0 Å². The minimum atomic E-state index is -2.38. The van der Waals surface area contributed by atoms with Crippen molar-refractivity contribution in [2.45, 2.75) is 60.1 Å². The van der Waals surface area contributed by atoms with E-state index in [4.69, 9.17) is 4.18 Å². The monoisotopic (exact) mass is 422 g/mol. The fraction of sp³-hybridized carbons (Fsp3) is 0.269. The normalized spacial score (nSPS) is 11.8. The van der Waals surface area contributed by atoms with E-state index in [-0.39, 0.29) is 0 Å². The van der Waals surface area contributed by atoms with E-state index in [0.29, 0.717) is 0 Å². The van der Waals surface area contributed by atoms with Crippen LogP contribution in [0.1, 0.15) is 44.6 Å². The van der Waals surface area contributed by atoms with Crippen LogP contribution in [0.3, 0.4) is 0 Å². The zero-order valence-electron chi connectivity index (χ0n) is 17.5. The van der Waals surface area contributed by atoms with E-state index < -0.39 is 16.5 Å². The highest BCUT2D eigenvalue weighted by Gasteiger charge is 2.35. The highest BCUT2D eigenvalue weighted by atomic mass is 32.3. The molecule has 0 aliphatic heterocycles. The zero-order valence-corrected chi connectivity index (χ0v) is 18.3. The Kier molecular flexibility index (Phi) is 7.97. The first-order valence-electron chi connectivity index (χ1n) is 10.6. The molecule has 4 heteroatoms. The molecule has 3 aromatic carbocycles. The Morgan fingerprint density at radius 3 is 1.73 bits per heavy atom. The van der Waals surface area contributed by atoms with Gasteiger partial charge in [-0.15, -0.1) is 0 Å². The molecule has 0 fully saturated rings. The predicted octanol–water partition coefficient (Wildman–Crippen LogP) is 8.09. The van der Waals surface area contributed by atoms with E-state index in [0.717, 1.165) is 21.1 Å². The molecular weight excluding hydrogens is 392 g/mol. The molecule has 0 aromatic heterocycles. The van der Waals surface area contributed by atoms with Gasteiger partial charge in [0.2, 0.25) is 0 Å². The Morgan fingerprint density at radius 1 is 0.733 bits per heavy atom. The van der Waals surface area contributed by atoms with Crippen LogP contribution in [0, 0.1) is 0 Å². The van der Waals surface area contributed by atoms with Crippen molar-refractivity contribution in [1.82, 2.24) is 0 Å². The maximum absolute atomic E-state index is 11.8. The first-order chi connectivity index (χ1) is 14.7. The van der Waals surface area contributed by atoms with Gasteiger partial charge in [0.15, 0.2) is 0 Å². The first kappa shape index (κ1) is 22.0. The largest absolute Gasteiger partial charge is 0.517 e. The van der Waals surface area contributed by atoms with Gasteiger partial charge in [-0.05, 0) is 65.1 Å². The molecule has 0 bridgehead atoms. The molecule has 0 aliphatic carbocycles. The van der Waals surface area contributed by atoms with Gasteiger partial charge in [-0.1, -0.05) is 81.1 Å². The Morgan fingerprint density at radius 2 is 1.23 bits per heavy atom. The summed E-state index contributed by atoms with van der Waals surface area (Å²) in [5.74, 6) is 0. The summed E-state index contributed by atoms with van der Waals surface area (Å²) in [6.07, 6.45) is 6.05. The molecule has 0 aliphatic rings. The Hall–Kier alpha value is -2.72. The van der Waals surface area contributed by atoms with Gasteiger partial charge in [0.05, 0.1) is 0 Å². The first-order valence-corrected chi connectivity index (χ1v) is 12.2. The highest BCUT2D eigenvalue weighted by Crippen LogP contribution is 2.69. The summed E-state index contributed by atoms with van der Waals surface area (Å²) in [5.41, 5.74) is 1.28. The van der Waals surface area contributed by atoms with E-state index in [1.807, 2.05) is 72.8 Å². The van der Waals surface area contributed by atoms with Gasteiger partial charge in [0.1, 0.15) is 0 Å². The van der Waals surface area contributed by atoms with Crippen LogP contribution in [0.2, 0.25) is 0 Å². The highest BCUT2D eigenvalue weighted by molar-refractivity contribution is 8.30. The number of hydrogen-bond donors (Lipinski definition) is 1. The molecule has 0 heterocycles. The summed E-state index contributed by atoms with van der Waals surface area (Å²) in [6, 6.07) is 27.7. The smallest absolute Gasteiger partial charge is 0.449 e. The molecule has 0 spiro atoms. The second-order valence-corrected chi connectivity index (χ2v) is 10.0. The van der Waals surface area contributed by atoms with Crippen molar-refractivity contribution < 1.29 is 14.1 Å². The summed E-state index contributed by atoms with van der Waals surface area (Å²) in [5, 5.41) is 9.67. The van der Waals surface area contributed by atoms with Crippen LogP contribution in [-0.2, 0) is 10.6 Å². The summed E-state index contributed by atoms with van der Waals surface area (Å²) >= 11 is 0. The number of benzene rings is 3. The van der Waals surface area contributed by atoms with Gasteiger partial charge < -0.3 is 9.29 Å². The van der Waals surface area contributed by atoms with E-state index in [1.54, 1.807) is 0 Å². The van der Waals surface area contributed by atoms with Crippen LogP contribution < -0.4 is 0 Å². The summed E-state index contributed by atoms with van der Waals surface area (Å²) < 4.78 is 5.76. The number of carbonyl (C=O) groups is 1. The number of hydrogen-bond acceptors (Lipinski definition) is 2. The topological polar surface area (TPSA) is 46.5 Å². The summed E-state index contributed by atoms with van der Waals surface area (Å²) in [4.78, 5) is 14.4. The molecule has 158 valence electrons. The SMILES string of the molecule is CCCCCCCc1ccc(S(OC(=O)O)(c2ccccc2)c2ccccc2)cc1. The lowest BCUT2D eigenvalue weighted by molar-refractivity contribution is 0.150. The lowest BCUT2D eigenvalue weighted by atomic mass is 10.1. The van der Waals surface area contributed by atoms with Gasteiger partial charge in [-0.2, -0.15) is 0 Å². The maximum Gasteiger partial charge on any atom is 0.517 e. The number of aryl methyl sites for hydroxylation is 1. The molecule has 3 nitrogen and oxygen atoms in total. The molecule has 0 atom stereocenters. The number of rotatable bonds is 10. The van der Waals surface area contributed by atoms with E-state index in [2.05, 4.69) is 19.1 Å². The Labute approximate surface area is 181 Å². The van der Waals surface area contributed by atoms with E-state index in [9.17, 15) is 9.90 Å². The van der Waals surface area contributed by atoms with Crippen molar-refractivity contribution >= 4 is 16.5 Å². The van der Waals surface area contributed by atoms with E-state index >= 15 is 0 Å². The van der Waals surface area contributed by atoms with Crippen molar-refractivity contribution in [2.24, 2.45) is 0 Å². The third-order valence-corrected chi connectivity index (χ3v) is 8.37. The molecular formula is C26H30O3S. The lowest BCUT2D eigenvalue weighted by Gasteiger charge is -2.38. The van der Waals surface area contributed by atoms with Crippen LogP contribution in [0.4, 0.5) is 4.79 Å². The molecule has 0 unspecified atom stereocenters. The second kappa shape index (κ2) is 10.9. The maximum atomic E-state index is 11.8. The average molecular weight is 423 g/mol. The Balaban J connectivity index is 1.97. The van der Waals surface area contributed by atoms with Gasteiger partial charge in [0, 0.05) is 14.7 Å². The standard InChI is InChI=1S/C26H30O3S/c1-2-3-4-5-8-13-22-18-20-25(21-19-22)30(29-26(27)28,23-14-9-6-10-15-23)24-16-11-7-12-17-24/h6-7,9-12,14-21H,2-5,8,13H2,1H3,(H,27,28). The minimum Gasteiger partial charge on any atom is -0.449 e. The molecule has 0 saturated heterocycles. The molecule has 3 rings (SSSR count). The number of unbranched alkanes of at least 4 members (excludes halogenated alkanes) is 4. The van der Waals surface area contributed by atoms with Crippen LogP contribution >= 0.6 is 10.3 Å². The van der Waals surface area contributed by atoms with Crippen LogP contribution in [0.5, 0.6) is 0 Å². The fourth-order valence-electron chi connectivity index (χ4n) is 3.66. The van der Waals surface area contributed by atoms with Crippen molar-refractivity contribution in [3.63, 3.8) is 0 Å². The predicted molar refractivity (Wildman–Crippen MR) is 123 cm³/mol. The third kappa shape index (κ3) is 5.25. The van der Waals surface area contributed by atoms with Crippen LogP contribution in [0.15, 0.2) is 99.6 Å². The molecule has 1 N–H and O–H groups in total. The fourth-order valence-corrected chi connectivity index (χ4v) is 6.58. The van der Waals surface area contributed by atoms with Gasteiger partial charge in [-0.3, -0.25) is 0 Å². The molecule has 0 amide bonds. The van der Waals surface area contributed by atoms with Crippen LogP contribution in [-0.4, -0.2) is 11.3 Å². The van der Waals surface area contributed by atoms with Crippen LogP contribution in [0.25, 0.3) is 0 Å². The summed E-state index contributed by atoms with van der Waals surface area (Å²) in [6.45, 7) is 2.23. The second-order valence-electron chi connectivity index (χ2n) is 7.34. The average Bonchev–Trinajstić information content (AvgIpc) is 2.79. The molecule has 0 radical (unpaired) electrons. The minimum absolute atomic E-state index is 0.867. The Bertz CT molecular complexity index is 869. The van der Waals surface area contributed by atoms with Gasteiger partial charge in [-0.25, -0.2) is 4.79 Å². The van der Waals surface area contributed by atoms with Gasteiger partial charge >= 0.3 is 6.16 Å². The van der Waals surface area contributed by atoms with E-state index in [1.165, 1.54) is 37.7 Å². The van der Waals surface area contributed by atoms with Crippen molar-refractivity contribution in [1.29, 1.82) is 0 Å². The summed E-state index contributed by atoms with van der Waals surface area (Å²) in [7, 11) is -2.38. The molecule has 0 saturated carbocycles.